The SMILES string of the molecule is CCN(C)/N=C1\CCC(C)C1. The number of hydrogen-bond acceptors (Lipinski definition) is 2. The Morgan fingerprint density at radius 2 is 2.36 bits per heavy atom. The molecule has 0 aromatic rings. The Bertz CT molecular complexity index is 152. The van der Waals surface area contributed by atoms with Gasteiger partial charge in [0.25, 0.3) is 0 Å². The molecule has 1 aliphatic carbocycles. The van der Waals surface area contributed by atoms with Crippen molar-refractivity contribution in [2.24, 2.45) is 11.0 Å². The zero-order valence-electron chi connectivity index (χ0n) is 7.80. The Hall–Kier alpha value is -0.530. The quantitative estimate of drug-likeness (QED) is 0.556. The Kier molecular flexibility index (Phi) is 2.92. The molecule has 0 amide bonds. The minimum absolute atomic E-state index is 0.860. The summed E-state index contributed by atoms with van der Waals surface area (Å²) in [4.78, 5) is 0. The highest BCUT2D eigenvalue weighted by Crippen LogP contribution is 2.22. The molecule has 1 aliphatic rings. The number of rotatable bonds is 2. The van der Waals surface area contributed by atoms with E-state index >= 15 is 0 Å². The first-order valence-corrected chi connectivity index (χ1v) is 4.50. The van der Waals surface area contributed by atoms with Gasteiger partial charge in [-0.15, -0.1) is 0 Å². The lowest BCUT2D eigenvalue weighted by atomic mass is 10.1. The minimum Gasteiger partial charge on any atom is -0.300 e. The van der Waals surface area contributed by atoms with Crippen LogP contribution in [0.3, 0.4) is 0 Å². The summed E-state index contributed by atoms with van der Waals surface area (Å²) < 4.78 is 0. The maximum absolute atomic E-state index is 4.49. The third-order valence-corrected chi connectivity index (χ3v) is 2.28. The van der Waals surface area contributed by atoms with Gasteiger partial charge in [-0.2, -0.15) is 5.10 Å². The smallest absolute Gasteiger partial charge is 0.0383 e. The van der Waals surface area contributed by atoms with Gasteiger partial charge in [-0.1, -0.05) is 6.92 Å². The van der Waals surface area contributed by atoms with E-state index in [1.165, 1.54) is 25.0 Å². The number of nitrogens with zero attached hydrogens (tertiary/aromatic N) is 2. The third-order valence-electron chi connectivity index (χ3n) is 2.28. The van der Waals surface area contributed by atoms with Gasteiger partial charge in [0.15, 0.2) is 0 Å². The maximum Gasteiger partial charge on any atom is 0.0383 e. The summed E-state index contributed by atoms with van der Waals surface area (Å²) >= 11 is 0. The van der Waals surface area contributed by atoms with Crippen LogP contribution in [0.25, 0.3) is 0 Å². The average Bonchev–Trinajstić information content (AvgIpc) is 2.35. The zero-order valence-corrected chi connectivity index (χ0v) is 7.80. The normalized spacial score (nSPS) is 27.9. The summed E-state index contributed by atoms with van der Waals surface area (Å²) in [5, 5.41) is 6.52. The predicted octanol–water partition coefficient (Wildman–Crippen LogP) is 2.11. The van der Waals surface area contributed by atoms with Gasteiger partial charge >= 0.3 is 0 Å². The topological polar surface area (TPSA) is 15.6 Å². The monoisotopic (exact) mass is 154 g/mol. The van der Waals surface area contributed by atoms with E-state index in [9.17, 15) is 0 Å². The highest BCUT2D eigenvalue weighted by molar-refractivity contribution is 5.86. The van der Waals surface area contributed by atoms with Crippen LogP contribution in [0.2, 0.25) is 0 Å². The fourth-order valence-electron chi connectivity index (χ4n) is 1.42. The summed E-state index contributed by atoms with van der Waals surface area (Å²) in [5.74, 6) is 0.860. The molecule has 0 bridgehead atoms. The summed E-state index contributed by atoms with van der Waals surface area (Å²) in [6.45, 7) is 5.44. The Labute approximate surface area is 69.3 Å². The first-order valence-electron chi connectivity index (χ1n) is 4.50. The molecule has 2 heteroatoms. The molecule has 1 atom stereocenters. The van der Waals surface area contributed by atoms with E-state index in [0.717, 1.165) is 12.5 Å². The van der Waals surface area contributed by atoms with Gasteiger partial charge in [-0.05, 0) is 32.1 Å². The molecule has 2 nitrogen and oxygen atoms in total. The molecule has 1 fully saturated rings. The van der Waals surface area contributed by atoms with Crippen molar-refractivity contribution in [3.63, 3.8) is 0 Å². The lowest BCUT2D eigenvalue weighted by Gasteiger charge is -2.10. The number of hydrogen-bond donors (Lipinski definition) is 0. The molecule has 64 valence electrons. The molecule has 0 aliphatic heterocycles. The van der Waals surface area contributed by atoms with Crippen LogP contribution in [0, 0.1) is 5.92 Å². The van der Waals surface area contributed by atoms with Crippen molar-refractivity contribution >= 4 is 5.71 Å². The van der Waals surface area contributed by atoms with E-state index in [1.807, 2.05) is 12.1 Å². The molecule has 1 saturated carbocycles. The zero-order chi connectivity index (χ0) is 8.27. The lowest BCUT2D eigenvalue weighted by molar-refractivity contribution is 0.374. The molecule has 0 spiro atoms. The van der Waals surface area contributed by atoms with Gasteiger partial charge in [0.2, 0.25) is 0 Å². The molecule has 1 unspecified atom stereocenters. The molecule has 1 rings (SSSR count). The minimum atomic E-state index is 0.860. The predicted molar refractivity (Wildman–Crippen MR) is 48.8 cm³/mol. The van der Waals surface area contributed by atoms with Crippen LogP contribution in [-0.2, 0) is 0 Å². The summed E-state index contributed by atoms with van der Waals surface area (Å²) in [7, 11) is 2.04. The van der Waals surface area contributed by atoms with Crippen molar-refractivity contribution in [3.05, 3.63) is 0 Å². The Balaban J connectivity index is 2.41. The summed E-state index contributed by atoms with van der Waals surface area (Å²) in [5.41, 5.74) is 1.39. The van der Waals surface area contributed by atoms with E-state index in [-0.39, 0.29) is 0 Å². The standard InChI is InChI=1S/C9H18N2/c1-4-11(3)10-9-6-5-8(2)7-9/h8H,4-7H2,1-3H3/b10-9+. The molecule has 11 heavy (non-hydrogen) atoms. The van der Waals surface area contributed by atoms with Crippen LogP contribution >= 0.6 is 0 Å². The fourth-order valence-corrected chi connectivity index (χ4v) is 1.42. The Morgan fingerprint density at radius 3 is 2.82 bits per heavy atom. The molecule has 0 N–H and O–H groups in total. The molecular formula is C9H18N2. The molecule has 0 saturated heterocycles. The van der Waals surface area contributed by atoms with E-state index < -0.39 is 0 Å². The molecular weight excluding hydrogens is 136 g/mol. The van der Waals surface area contributed by atoms with Crippen molar-refractivity contribution in [1.29, 1.82) is 0 Å². The molecule has 0 heterocycles. The van der Waals surface area contributed by atoms with Gasteiger partial charge in [-0.25, -0.2) is 0 Å². The first kappa shape index (κ1) is 8.57. The summed E-state index contributed by atoms with van der Waals surface area (Å²) in [6.07, 6.45) is 3.76. The van der Waals surface area contributed by atoms with Gasteiger partial charge < -0.3 is 5.01 Å². The van der Waals surface area contributed by atoms with Crippen LogP contribution in [0.5, 0.6) is 0 Å². The second-order valence-corrected chi connectivity index (χ2v) is 3.49. The van der Waals surface area contributed by atoms with Crippen molar-refractivity contribution in [1.82, 2.24) is 5.01 Å². The van der Waals surface area contributed by atoms with Gasteiger partial charge in [0.1, 0.15) is 0 Å². The van der Waals surface area contributed by atoms with E-state index in [1.54, 1.807) is 0 Å². The van der Waals surface area contributed by atoms with Crippen LogP contribution < -0.4 is 0 Å². The fraction of sp³-hybridized carbons (Fsp3) is 0.889. The second kappa shape index (κ2) is 3.74. The number of hydrazone groups is 1. The maximum atomic E-state index is 4.49. The molecule has 0 aromatic carbocycles. The van der Waals surface area contributed by atoms with E-state index in [2.05, 4.69) is 18.9 Å². The van der Waals surface area contributed by atoms with Crippen molar-refractivity contribution in [3.8, 4) is 0 Å². The van der Waals surface area contributed by atoms with Crippen molar-refractivity contribution in [2.75, 3.05) is 13.6 Å². The Morgan fingerprint density at radius 1 is 1.64 bits per heavy atom. The molecule has 0 aromatic heterocycles. The van der Waals surface area contributed by atoms with Gasteiger partial charge in [0.05, 0.1) is 0 Å². The van der Waals surface area contributed by atoms with Crippen molar-refractivity contribution < 1.29 is 0 Å². The summed E-state index contributed by atoms with van der Waals surface area (Å²) in [6, 6.07) is 0. The highest BCUT2D eigenvalue weighted by Gasteiger charge is 2.16. The lowest BCUT2D eigenvalue weighted by Crippen LogP contribution is -2.12. The van der Waals surface area contributed by atoms with Crippen LogP contribution in [0.4, 0.5) is 0 Å². The van der Waals surface area contributed by atoms with Crippen molar-refractivity contribution in [2.45, 2.75) is 33.1 Å². The van der Waals surface area contributed by atoms with Crippen LogP contribution in [0.15, 0.2) is 5.10 Å². The highest BCUT2D eigenvalue weighted by atomic mass is 15.4. The molecule has 0 radical (unpaired) electrons. The largest absolute Gasteiger partial charge is 0.300 e. The van der Waals surface area contributed by atoms with E-state index in [4.69, 9.17) is 0 Å². The first-order chi connectivity index (χ1) is 5.22. The van der Waals surface area contributed by atoms with Gasteiger partial charge in [-0.3, -0.25) is 0 Å². The van der Waals surface area contributed by atoms with Crippen LogP contribution in [-0.4, -0.2) is 24.3 Å². The van der Waals surface area contributed by atoms with Gasteiger partial charge in [0, 0.05) is 19.3 Å². The third kappa shape index (κ3) is 2.52. The van der Waals surface area contributed by atoms with Crippen LogP contribution in [0.1, 0.15) is 33.1 Å². The second-order valence-electron chi connectivity index (χ2n) is 3.49. The average molecular weight is 154 g/mol. The van der Waals surface area contributed by atoms with E-state index in [0.29, 0.717) is 0 Å².